The molecule has 1 aromatic carbocycles. The van der Waals surface area contributed by atoms with Gasteiger partial charge in [-0.2, -0.15) is 0 Å². The van der Waals surface area contributed by atoms with Crippen molar-refractivity contribution in [2.75, 3.05) is 5.32 Å². The molecular formula is C10H11N3O6. The van der Waals surface area contributed by atoms with Crippen molar-refractivity contribution in [3.05, 3.63) is 50.6 Å². The lowest BCUT2D eigenvalue weighted by atomic mass is 10.1. The summed E-state index contributed by atoms with van der Waals surface area (Å²) in [7, 11) is 0. The summed E-state index contributed by atoms with van der Waals surface area (Å²) in [5.74, 6) is -1.39. The van der Waals surface area contributed by atoms with Crippen molar-refractivity contribution in [1.29, 1.82) is 0 Å². The van der Waals surface area contributed by atoms with Gasteiger partial charge in [-0.25, -0.2) is 4.79 Å². The van der Waals surface area contributed by atoms with E-state index in [1.54, 1.807) is 30.3 Å². The zero-order valence-corrected chi connectivity index (χ0v) is 9.63. The number of hydrogen-bond acceptors (Lipinski definition) is 6. The second-order valence-corrected chi connectivity index (χ2v) is 3.69. The van der Waals surface area contributed by atoms with E-state index in [1.807, 2.05) is 0 Å². The van der Waals surface area contributed by atoms with Gasteiger partial charge in [0.2, 0.25) is 0 Å². The Kier molecular flexibility index (Phi) is 4.75. The van der Waals surface area contributed by atoms with Gasteiger partial charge in [-0.15, -0.1) is 0 Å². The molecule has 9 heteroatoms. The molecular weight excluding hydrogens is 258 g/mol. The van der Waals surface area contributed by atoms with Gasteiger partial charge in [-0.05, 0) is 12.1 Å². The molecule has 0 heterocycles. The Labute approximate surface area is 107 Å². The molecule has 0 aliphatic rings. The highest BCUT2D eigenvalue weighted by Gasteiger charge is 2.38. The minimum absolute atomic E-state index is 0.417. The molecule has 0 radical (unpaired) electrons. The smallest absolute Gasteiger partial charge is 0.453 e. The number of nitrogens with zero attached hydrogens (tertiary/aromatic N) is 2. The first-order chi connectivity index (χ1) is 8.91. The molecule has 1 atom stereocenters. The second-order valence-electron chi connectivity index (χ2n) is 3.69. The van der Waals surface area contributed by atoms with Crippen molar-refractivity contribution in [3.63, 3.8) is 0 Å². The van der Waals surface area contributed by atoms with E-state index in [1.165, 1.54) is 0 Å². The average molecular weight is 269 g/mol. The monoisotopic (exact) mass is 269 g/mol. The molecule has 0 saturated carbocycles. The molecule has 9 nitrogen and oxygen atoms in total. The molecule has 19 heavy (non-hydrogen) atoms. The zero-order valence-electron chi connectivity index (χ0n) is 9.63. The third-order valence-electron chi connectivity index (χ3n) is 2.35. The second kappa shape index (κ2) is 6.28. The third kappa shape index (κ3) is 4.22. The normalized spacial score (nSPS) is 11.8. The van der Waals surface area contributed by atoms with E-state index >= 15 is 0 Å². The van der Waals surface area contributed by atoms with Crippen molar-refractivity contribution in [2.45, 2.75) is 18.6 Å². The molecule has 0 fully saturated rings. The molecule has 0 spiro atoms. The SMILES string of the molecule is O=C(O)C(CC([N+](=O)[O-])[N+](=O)[O-])Nc1ccccc1. The molecule has 0 aliphatic carbocycles. The van der Waals surface area contributed by atoms with Crippen molar-refractivity contribution >= 4 is 11.7 Å². The lowest BCUT2D eigenvalue weighted by Gasteiger charge is -2.14. The number of para-hydroxylation sites is 1. The quantitative estimate of drug-likeness (QED) is 0.424. The van der Waals surface area contributed by atoms with Crippen LogP contribution in [-0.2, 0) is 4.79 Å². The standard InChI is InChI=1S/C10H11N3O6/c14-10(15)8(6-9(12(16)17)13(18)19)11-7-4-2-1-3-5-7/h1-5,8-9,11H,6H2,(H,14,15). The Hall–Kier alpha value is -2.71. The summed E-state index contributed by atoms with van der Waals surface area (Å²) >= 11 is 0. The van der Waals surface area contributed by atoms with Crippen LogP contribution in [0.2, 0.25) is 0 Å². The summed E-state index contributed by atoms with van der Waals surface area (Å²) in [6.45, 7) is 0. The fourth-order valence-corrected chi connectivity index (χ4v) is 1.42. The molecule has 0 amide bonds. The highest BCUT2D eigenvalue weighted by atomic mass is 16.7. The van der Waals surface area contributed by atoms with Gasteiger partial charge < -0.3 is 10.4 Å². The van der Waals surface area contributed by atoms with Gasteiger partial charge in [-0.3, -0.25) is 20.2 Å². The summed E-state index contributed by atoms with van der Waals surface area (Å²) in [5.41, 5.74) is 0.417. The van der Waals surface area contributed by atoms with Gasteiger partial charge in [0.1, 0.15) is 12.5 Å². The maximum absolute atomic E-state index is 11.0. The largest absolute Gasteiger partial charge is 0.480 e. The van der Waals surface area contributed by atoms with E-state index in [4.69, 9.17) is 5.11 Å². The first-order valence-corrected chi connectivity index (χ1v) is 5.23. The number of nitrogens with one attached hydrogen (secondary N) is 1. The first-order valence-electron chi connectivity index (χ1n) is 5.23. The number of carboxylic acid groups (broad SMARTS) is 1. The highest BCUT2D eigenvalue weighted by Crippen LogP contribution is 2.12. The highest BCUT2D eigenvalue weighted by molar-refractivity contribution is 5.77. The first kappa shape index (κ1) is 14.4. The summed E-state index contributed by atoms with van der Waals surface area (Å²) < 4.78 is 0. The molecule has 1 aromatic rings. The van der Waals surface area contributed by atoms with Crippen LogP contribution in [0.15, 0.2) is 30.3 Å². The maximum atomic E-state index is 11.0. The molecule has 1 rings (SSSR count). The van der Waals surface area contributed by atoms with Gasteiger partial charge in [0, 0.05) is 5.69 Å². The van der Waals surface area contributed by atoms with Gasteiger partial charge in [0.25, 0.3) is 0 Å². The number of rotatable bonds is 7. The summed E-state index contributed by atoms with van der Waals surface area (Å²) in [4.78, 5) is 29.7. The Bertz CT molecular complexity index is 463. The maximum Gasteiger partial charge on any atom is 0.453 e. The van der Waals surface area contributed by atoms with E-state index in [-0.39, 0.29) is 0 Å². The number of hydrogen-bond donors (Lipinski definition) is 2. The fraction of sp³-hybridized carbons (Fsp3) is 0.300. The molecule has 1 unspecified atom stereocenters. The van der Waals surface area contributed by atoms with E-state index in [2.05, 4.69) is 5.32 Å². The molecule has 102 valence electrons. The minimum Gasteiger partial charge on any atom is -0.480 e. The predicted octanol–water partition coefficient (Wildman–Crippen LogP) is 0.821. The Morgan fingerprint density at radius 1 is 1.21 bits per heavy atom. The van der Waals surface area contributed by atoms with Gasteiger partial charge in [-0.1, -0.05) is 18.2 Å². The van der Waals surface area contributed by atoms with Crippen LogP contribution in [0.5, 0.6) is 0 Å². The lowest BCUT2D eigenvalue weighted by Crippen LogP contribution is -2.39. The summed E-state index contributed by atoms with van der Waals surface area (Å²) in [5, 5.41) is 32.4. The molecule has 0 aliphatic heterocycles. The topological polar surface area (TPSA) is 136 Å². The fourth-order valence-electron chi connectivity index (χ4n) is 1.42. The molecule has 0 saturated heterocycles. The molecule has 0 bridgehead atoms. The number of aliphatic carboxylic acids is 1. The number of carbonyl (C=O) groups is 1. The van der Waals surface area contributed by atoms with Crippen molar-refractivity contribution < 1.29 is 19.7 Å². The Morgan fingerprint density at radius 3 is 2.16 bits per heavy atom. The number of benzene rings is 1. The number of anilines is 1. The van der Waals surface area contributed by atoms with Gasteiger partial charge >= 0.3 is 12.1 Å². The van der Waals surface area contributed by atoms with Crippen molar-refractivity contribution in [3.8, 4) is 0 Å². The predicted molar refractivity (Wildman–Crippen MR) is 63.9 cm³/mol. The molecule has 2 N–H and O–H groups in total. The van der Waals surface area contributed by atoms with Crippen LogP contribution in [0.25, 0.3) is 0 Å². The summed E-state index contributed by atoms with van der Waals surface area (Å²) in [6.07, 6.45) is -2.90. The number of carboxylic acids is 1. The van der Waals surface area contributed by atoms with Gasteiger partial charge in [0.15, 0.2) is 0 Å². The van der Waals surface area contributed by atoms with E-state index in [0.717, 1.165) is 0 Å². The lowest BCUT2D eigenvalue weighted by molar-refractivity contribution is -0.742. The van der Waals surface area contributed by atoms with E-state index in [0.29, 0.717) is 5.69 Å². The van der Waals surface area contributed by atoms with Crippen LogP contribution >= 0.6 is 0 Å². The van der Waals surface area contributed by atoms with E-state index in [9.17, 15) is 25.0 Å². The average Bonchev–Trinajstić information content (AvgIpc) is 2.34. The van der Waals surface area contributed by atoms with Crippen LogP contribution in [0.3, 0.4) is 0 Å². The van der Waals surface area contributed by atoms with Gasteiger partial charge in [0.05, 0.1) is 9.85 Å². The zero-order chi connectivity index (χ0) is 14.4. The number of nitro groups is 2. The van der Waals surface area contributed by atoms with Crippen molar-refractivity contribution in [2.24, 2.45) is 0 Å². The minimum atomic E-state index is -2.16. The molecule has 0 aromatic heterocycles. The third-order valence-corrected chi connectivity index (χ3v) is 2.35. The van der Waals surface area contributed by atoms with Crippen LogP contribution in [0.4, 0.5) is 5.69 Å². The van der Waals surface area contributed by atoms with Crippen LogP contribution in [0, 0.1) is 20.2 Å². The van der Waals surface area contributed by atoms with Crippen molar-refractivity contribution in [1.82, 2.24) is 0 Å². The van der Waals surface area contributed by atoms with E-state index < -0.39 is 34.4 Å². The van der Waals surface area contributed by atoms with Crippen LogP contribution < -0.4 is 5.32 Å². The Balaban J connectivity index is 2.81. The van der Waals surface area contributed by atoms with Crippen LogP contribution in [-0.4, -0.2) is 33.1 Å². The Morgan fingerprint density at radius 2 is 1.74 bits per heavy atom. The van der Waals surface area contributed by atoms with Crippen LogP contribution in [0.1, 0.15) is 6.42 Å². The summed E-state index contributed by atoms with van der Waals surface area (Å²) in [6, 6.07) is 6.69.